The van der Waals surface area contributed by atoms with Crippen LogP contribution in [0, 0.1) is 6.92 Å². The molecule has 0 aliphatic rings. The van der Waals surface area contributed by atoms with E-state index in [9.17, 15) is 4.79 Å². The van der Waals surface area contributed by atoms with Gasteiger partial charge >= 0.3 is 0 Å². The SMILES string of the molecule is Cc1ccc(C=O)cc1-c1cccc2ccncc12. The van der Waals surface area contributed by atoms with Crippen LogP contribution in [0.15, 0.2) is 54.9 Å². The molecule has 0 saturated carbocycles. The molecule has 3 aromatic rings. The average Bonchev–Trinajstić information content (AvgIpc) is 2.47. The van der Waals surface area contributed by atoms with E-state index in [-0.39, 0.29) is 0 Å². The zero-order chi connectivity index (χ0) is 13.2. The molecule has 0 aliphatic carbocycles. The number of benzene rings is 2. The Balaban J connectivity index is 2.33. The highest BCUT2D eigenvalue weighted by atomic mass is 16.1. The molecule has 0 radical (unpaired) electrons. The molecule has 0 aliphatic heterocycles. The van der Waals surface area contributed by atoms with E-state index in [2.05, 4.69) is 24.0 Å². The molecular weight excluding hydrogens is 234 g/mol. The summed E-state index contributed by atoms with van der Waals surface area (Å²) in [5.41, 5.74) is 4.05. The van der Waals surface area contributed by atoms with E-state index in [0.29, 0.717) is 5.56 Å². The lowest BCUT2D eigenvalue weighted by Crippen LogP contribution is -1.89. The van der Waals surface area contributed by atoms with E-state index in [1.165, 1.54) is 0 Å². The highest BCUT2D eigenvalue weighted by Gasteiger charge is 2.07. The molecule has 0 atom stereocenters. The van der Waals surface area contributed by atoms with Gasteiger partial charge in [0.2, 0.25) is 0 Å². The molecule has 0 spiro atoms. The quantitative estimate of drug-likeness (QED) is 0.640. The van der Waals surface area contributed by atoms with Gasteiger partial charge in [-0.2, -0.15) is 0 Å². The van der Waals surface area contributed by atoms with Crippen molar-refractivity contribution in [1.82, 2.24) is 4.98 Å². The summed E-state index contributed by atoms with van der Waals surface area (Å²) >= 11 is 0. The average molecular weight is 247 g/mol. The van der Waals surface area contributed by atoms with Gasteiger partial charge in [-0.05, 0) is 41.1 Å². The van der Waals surface area contributed by atoms with E-state index in [0.717, 1.165) is 33.7 Å². The number of pyridine rings is 1. The van der Waals surface area contributed by atoms with E-state index >= 15 is 0 Å². The van der Waals surface area contributed by atoms with Gasteiger partial charge in [0.15, 0.2) is 0 Å². The highest BCUT2D eigenvalue weighted by Crippen LogP contribution is 2.30. The number of carbonyl (C=O) groups excluding carboxylic acids is 1. The van der Waals surface area contributed by atoms with Crippen LogP contribution in [0.3, 0.4) is 0 Å². The van der Waals surface area contributed by atoms with Crippen molar-refractivity contribution in [3.8, 4) is 11.1 Å². The Morgan fingerprint density at radius 3 is 2.79 bits per heavy atom. The van der Waals surface area contributed by atoms with Gasteiger partial charge in [0.25, 0.3) is 0 Å². The van der Waals surface area contributed by atoms with E-state index in [1.54, 1.807) is 6.20 Å². The van der Waals surface area contributed by atoms with Crippen LogP contribution in [0.5, 0.6) is 0 Å². The first-order chi connectivity index (χ1) is 9.29. The van der Waals surface area contributed by atoms with Crippen molar-refractivity contribution < 1.29 is 4.79 Å². The Bertz CT molecular complexity index is 757. The molecule has 0 fully saturated rings. The molecule has 0 amide bonds. The number of aryl methyl sites for hydroxylation is 1. The van der Waals surface area contributed by atoms with Crippen molar-refractivity contribution in [3.63, 3.8) is 0 Å². The van der Waals surface area contributed by atoms with E-state index in [4.69, 9.17) is 0 Å². The minimum Gasteiger partial charge on any atom is -0.298 e. The zero-order valence-electron chi connectivity index (χ0n) is 10.6. The van der Waals surface area contributed by atoms with Gasteiger partial charge < -0.3 is 0 Å². The van der Waals surface area contributed by atoms with Crippen molar-refractivity contribution in [2.45, 2.75) is 6.92 Å². The molecule has 2 heteroatoms. The number of aromatic nitrogens is 1. The van der Waals surface area contributed by atoms with Gasteiger partial charge in [-0.1, -0.05) is 30.3 Å². The Labute approximate surface area is 111 Å². The first kappa shape index (κ1) is 11.6. The summed E-state index contributed by atoms with van der Waals surface area (Å²) in [5, 5.41) is 2.26. The van der Waals surface area contributed by atoms with Crippen LogP contribution in [0.1, 0.15) is 15.9 Å². The third kappa shape index (κ3) is 2.02. The van der Waals surface area contributed by atoms with Crippen LogP contribution in [0.25, 0.3) is 21.9 Å². The maximum Gasteiger partial charge on any atom is 0.150 e. The molecular formula is C17H13NO. The van der Waals surface area contributed by atoms with Crippen molar-refractivity contribution in [2.24, 2.45) is 0 Å². The second-order valence-corrected chi connectivity index (χ2v) is 4.59. The number of fused-ring (bicyclic) bond motifs is 1. The first-order valence-corrected chi connectivity index (χ1v) is 6.18. The van der Waals surface area contributed by atoms with Crippen molar-refractivity contribution in [2.75, 3.05) is 0 Å². The monoisotopic (exact) mass is 247 g/mol. The van der Waals surface area contributed by atoms with Crippen molar-refractivity contribution >= 4 is 17.1 Å². The maximum absolute atomic E-state index is 11.0. The fraction of sp³-hybridized carbons (Fsp3) is 0.0588. The summed E-state index contributed by atoms with van der Waals surface area (Å²) in [5.74, 6) is 0. The van der Waals surface area contributed by atoms with Gasteiger partial charge in [-0.15, -0.1) is 0 Å². The lowest BCUT2D eigenvalue weighted by Gasteiger charge is -2.10. The predicted molar refractivity (Wildman–Crippen MR) is 77.3 cm³/mol. The molecule has 1 aromatic heterocycles. The summed E-state index contributed by atoms with van der Waals surface area (Å²) < 4.78 is 0. The molecule has 1 heterocycles. The Morgan fingerprint density at radius 1 is 1.05 bits per heavy atom. The third-order valence-electron chi connectivity index (χ3n) is 3.37. The molecule has 2 nitrogen and oxygen atoms in total. The maximum atomic E-state index is 11.0. The summed E-state index contributed by atoms with van der Waals surface area (Å²) in [6, 6.07) is 13.9. The summed E-state index contributed by atoms with van der Waals surface area (Å²) in [7, 11) is 0. The van der Waals surface area contributed by atoms with Crippen molar-refractivity contribution in [3.05, 3.63) is 66.0 Å². The van der Waals surface area contributed by atoms with Gasteiger partial charge in [0, 0.05) is 23.3 Å². The van der Waals surface area contributed by atoms with Gasteiger partial charge in [-0.25, -0.2) is 0 Å². The number of nitrogens with zero attached hydrogens (tertiary/aromatic N) is 1. The minimum absolute atomic E-state index is 0.696. The van der Waals surface area contributed by atoms with Gasteiger partial charge in [0.1, 0.15) is 6.29 Å². The smallest absolute Gasteiger partial charge is 0.150 e. The van der Waals surface area contributed by atoms with Gasteiger partial charge in [-0.3, -0.25) is 9.78 Å². The molecule has 0 saturated heterocycles. The van der Waals surface area contributed by atoms with Crippen LogP contribution in [0.4, 0.5) is 0 Å². The Morgan fingerprint density at radius 2 is 1.95 bits per heavy atom. The molecule has 3 rings (SSSR count). The predicted octanol–water partition coefficient (Wildman–Crippen LogP) is 4.02. The second kappa shape index (κ2) is 4.65. The van der Waals surface area contributed by atoms with E-state index in [1.807, 2.05) is 36.5 Å². The lowest BCUT2D eigenvalue weighted by molar-refractivity contribution is 0.112. The molecule has 0 unspecified atom stereocenters. The largest absolute Gasteiger partial charge is 0.298 e. The first-order valence-electron chi connectivity index (χ1n) is 6.18. The van der Waals surface area contributed by atoms with Crippen LogP contribution < -0.4 is 0 Å². The van der Waals surface area contributed by atoms with Gasteiger partial charge in [0.05, 0.1) is 0 Å². The Hall–Kier alpha value is -2.48. The number of rotatable bonds is 2. The molecule has 19 heavy (non-hydrogen) atoms. The zero-order valence-corrected chi connectivity index (χ0v) is 10.6. The lowest BCUT2D eigenvalue weighted by atomic mass is 9.95. The number of aldehydes is 1. The topological polar surface area (TPSA) is 30.0 Å². The highest BCUT2D eigenvalue weighted by molar-refractivity contribution is 5.97. The van der Waals surface area contributed by atoms with E-state index < -0.39 is 0 Å². The fourth-order valence-electron chi connectivity index (χ4n) is 2.35. The second-order valence-electron chi connectivity index (χ2n) is 4.59. The standard InChI is InChI=1S/C17H13NO/c1-12-5-6-13(11-19)9-16(12)15-4-2-3-14-7-8-18-10-17(14)15/h2-11H,1H3. The number of hydrogen-bond donors (Lipinski definition) is 0. The summed E-state index contributed by atoms with van der Waals surface area (Å²) in [6.07, 6.45) is 4.55. The minimum atomic E-state index is 0.696. The fourth-order valence-corrected chi connectivity index (χ4v) is 2.35. The molecule has 2 aromatic carbocycles. The number of hydrogen-bond acceptors (Lipinski definition) is 2. The van der Waals surface area contributed by atoms with Crippen molar-refractivity contribution in [1.29, 1.82) is 0 Å². The third-order valence-corrected chi connectivity index (χ3v) is 3.37. The number of carbonyl (C=O) groups is 1. The van der Waals surface area contributed by atoms with Crippen LogP contribution in [0.2, 0.25) is 0 Å². The Kier molecular flexibility index (Phi) is 2.84. The van der Waals surface area contributed by atoms with Crippen LogP contribution >= 0.6 is 0 Å². The summed E-state index contributed by atoms with van der Waals surface area (Å²) in [6.45, 7) is 2.05. The normalized spacial score (nSPS) is 10.6. The summed E-state index contributed by atoms with van der Waals surface area (Å²) in [4.78, 5) is 15.2. The van der Waals surface area contributed by atoms with Crippen LogP contribution in [-0.4, -0.2) is 11.3 Å². The molecule has 92 valence electrons. The molecule has 0 N–H and O–H groups in total. The molecule has 0 bridgehead atoms. The van der Waals surface area contributed by atoms with Crippen LogP contribution in [-0.2, 0) is 0 Å².